The zero-order valence-electron chi connectivity index (χ0n) is 10.3. The molecule has 0 aromatic heterocycles. The Balaban J connectivity index is 2.52. The van der Waals surface area contributed by atoms with Gasteiger partial charge < -0.3 is 5.73 Å². The Bertz CT molecular complexity index is 612. The van der Waals surface area contributed by atoms with E-state index in [1.165, 1.54) is 4.31 Å². The fourth-order valence-corrected chi connectivity index (χ4v) is 3.58. The highest BCUT2D eigenvalue weighted by atomic mass is 32.2. The molecule has 1 saturated heterocycles. The maximum absolute atomic E-state index is 12.0. The second-order valence-corrected chi connectivity index (χ2v) is 6.28. The number of nitrogens with two attached hydrogens (primary N) is 1. The summed E-state index contributed by atoms with van der Waals surface area (Å²) in [5, 5.41) is 0. The molecule has 5 heteroatoms. The Hall–Kier alpha value is -1.51. The lowest BCUT2D eigenvalue weighted by molar-refractivity contribution is 0.599. The van der Waals surface area contributed by atoms with Crippen LogP contribution in [0.5, 0.6) is 0 Å². The van der Waals surface area contributed by atoms with E-state index in [0.717, 1.165) is 11.1 Å². The van der Waals surface area contributed by atoms with Crippen LogP contribution in [-0.2, 0) is 10.0 Å². The molecule has 96 valence electrons. The second kappa shape index (κ2) is 5.01. The molecule has 1 aromatic carbocycles. The normalized spacial score (nSPS) is 17.3. The van der Waals surface area contributed by atoms with Gasteiger partial charge in [0.05, 0.1) is 18.0 Å². The molecule has 0 aliphatic carbocycles. The Morgan fingerprint density at radius 1 is 1.44 bits per heavy atom. The van der Waals surface area contributed by atoms with Crippen LogP contribution in [0.3, 0.4) is 0 Å². The van der Waals surface area contributed by atoms with Gasteiger partial charge in [-0.1, -0.05) is 17.9 Å². The summed E-state index contributed by atoms with van der Waals surface area (Å²) in [5.41, 5.74) is 7.77. The topological polar surface area (TPSA) is 63.4 Å². The summed E-state index contributed by atoms with van der Waals surface area (Å²) in [6.45, 7) is 2.73. The molecule has 1 heterocycles. The molecule has 2 N–H and O–H groups in total. The molecule has 4 nitrogen and oxygen atoms in total. The van der Waals surface area contributed by atoms with E-state index in [-0.39, 0.29) is 12.3 Å². The van der Waals surface area contributed by atoms with Gasteiger partial charge in [0.25, 0.3) is 0 Å². The highest BCUT2D eigenvalue weighted by Crippen LogP contribution is 2.28. The zero-order valence-corrected chi connectivity index (χ0v) is 11.1. The zero-order chi connectivity index (χ0) is 13.2. The summed E-state index contributed by atoms with van der Waals surface area (Å²) in [6.07, 6.45) is 0.667. The lowest BCUT2D eigenvalue weighted by Crippen LogP contribution is -2.26. The van der Waals surface area contributed by atoms with E-state index in [9.17, 15) is 8.42 Å². The molecule has 1 aromatic rings. The van der Waals surface area contributed by atoms with Crippen LogP contribution >= 0.6 is 0 Å². The van der Waals surface area contributed by atoms with Gasteiger partial charge in [-0.3, -0.25) is 4.31 Å². The standard InChI is InChI=1S/C13H16N2O2S/c1-11-5-6-12(4-2-7-14)13(10-11)15-8-3-9-18(15,16)17/h5-6,10H,3,7-9,14H2,1H3. The van der Waals surface area contributed by atoms with Crippen molar-refractivity contribution < 1.29 is 8.42 Å². The van der Waals surface area contributed by atoms with Crippen LogP contribution in [0.25, 0.3) is 0 Å². The molecule has 0 bridgehead atoms. The Kier molecular flexibility index (Phi) is 3.60. The maximum atomic E-state index is 12.0. The monoisotopic (exact) mass is 264 g/mol. The molecule has 1 fully saturated rings. The Morgan fingerprint density at radius 3 is 2.83 bits per heavy atom. The summed E-state index contributed by atoms with van der Waals surface area (Å²) in [4.78, 5) is 0. The average molecular weight is 264 g/mol. The van der Waals surface area contributed by atoms with E-state index in [4.69, 9.17) is 5.73 Å². The van der Waals surface area contributed by atoms with Gasteiger partial charge in [-0.15, -0.1) is 0 Å². The van der Waals surface area contributed by atoms with E-state index < -0.39 is 10.0 Å². The second-order valence-electron chi connectivity index (χ2n) is 4.27. The lowest BCUT2D eigenvalue weighted by atomic mass is 10.1. The van der Waals surface area contributed by atoms with Crippen LogP contribution in [-0.4, -0.2) is 27.3 Å². The number of aryl methyl sites for hydroxylation is 1. The smallest absolute Gasteiger partial charge is 0.235 e. The number of hydrogen-bond donors (Lipinski definition) is 1. The van der Waals surface area contributed by atoms with E-state index in [1.807, 2.05) is 25.1 Å². The van der Waals surface area contributed by atoms with Gasteiger partial charge in [0.15, 0.2) is 0 Å². The fourth-order valence-electron chi connectivity index (χ4n) is 2.01. The van der Waals surface area contributed by atoms with E-state index in [0.29, 0.717) is 18.7 Å². The van der Waals surface area contributed by atoms with Gasteiger partial charge in [-0.25, -0.2) is 8.42 Å². The maximum Gasteiger partial charge on any atom is 0.235 e. The van der Waals surface area contributed by atoms with E-state index in [2.05, 4.69) is 11.8 Å². The molecule has 0 spiro atoms. The first-order chi connectivity index (χ1) is 8.54. The largest absolute Gasteiger partial charge is 0.320 e. The third kappa shape index (κ3) is 2.50. The van der Waals surface area contributed by atoms with Crippen molar-refractivity contribution >= 4 is 15.7 Å². The van der Waals surface area contributed by atoms with Crippen molar-refractivity contribution in [1.29, 1.82) is 0 Å². The lowest BCUT2D eigenvalue weighted by Gasteiger charge is -2.19. The van der Waals surface area contributed by atoms with Gasteiger partial charge in [0.1, 0.15) is 0 Å². The average Bonchev–Trinajstić information content (AvgIpc) is 2.67. The van der Waals surface area contributed by atoms with E-state index in [1.54, 1.807) is 0 Å². The van der Waals surface area contributed by atoms with Crippen molar-refractivity contribution in [3.63, 3.8) is 0 Å². The van der Waals surface area contributed by atoms with Crippen molar-refractivity contribution in [2.24, 2.45) is 5.73 Å². The van der Waals surface area contributed by atoms with Crippen LogP contribution < -0.4 is 10.0 Å². The minimum Gasteiger partial charge on any atom is -0.320 e. The van der Waals surface area contributed by atoms with E-state index >= 15 is 0 Å². The molecule has 0 amide bonds. The highest BCUT2D eigenvalue weighted by Gasteiger charge is 2.29. The van der Waals surface area contributed by atoms with Crippen LogP contribution in [0.4, 0.5) is 5.69 Å². The van der Waals surface area contributed by atoms with Crippen LogP contribution in [0, 0.1) is 18.8 Å². The molecule has 1 aliphatic rings. The molecule has 0 unspecified atom stereocenters. The summed E-state index contributed by atoms with van der Waals surface area (Å²) < 4.78 is 25.4. The van der Waals surface area contributed by atoms with Gasteiger partial charge in [-0.05, 0) is 31.0 Å². The molecule has 0 atom stereocenters. The quantitative estimate of drug-likeness (QED) is 0.765. The third-order valence-electron chi connectivity index (χ3n) is 2.85. The number of sulfonamides is 1. The molecular formula is C13H16N2O2S. The number of anilines is 1. The minimum atomic E-state index is -3.17. The first kappa shape index (κ1) is 12.9. The van der Waals surface area contributed by atoms with Gasteiger partial charge >= 0.3 is 0 Å². The molecule has 1 aliphatic heterocycles. The number of benzene rings is 1. The first-order valence-electron chi connectivity index (χ1n) is 5.84. The highest BCUT2D eigenvalue weighted by molar-refractivity contribution is 7.93. The minimum absolute atomic E-state index is 0.213. The Labute approximate surface area is 108 Å². The van der Waals surface area contributed by atoms with Crippen molar-refractivity contribution in [3.8, 4) is 11.8 Å². The number of nitrogens with zero attached hydrogens (tertiary/aromatic N) is 1. The number of rotatable bonds is 1. The number of hydrogen-bond acceptors (Lipinski definition) is 3. The van der Waals surface area contributed by atoms with Crippen molar-refractivity contribution in [1.82, 2.24) is 0 Å². The Morgan fingerprint density at radius 2 is 2.22 bits per heavy atom. The SMILES string of the molecule is Cc1ccc(C#CCN)c(N2CCCS2(=O)=O)c1. The van der Waals surface area contributed by atoms with Gasteiger partial charge in [0.2, 0.25) is 10.0 Å². The van der Waals surface area contributed by atoms with Crippen LogP contribution in [0.2, 0.25) is 0 Å². The van der Waals surface area contributed by atoms with Crippen molar-refractivity contribution in [3.05, 3.63) is 29.3 Å². The summed E-state index contributed by atoms with van der Waals surface area (Å²) >= 11 is 0. The molecule has 0 saturated carbocycles. The predicted molar refractivity (Wildman–Crippen MR) is 72.9 cm³/mol. The molecular weight excluding hydrogens is 248 g/mol. The molecule has 18 heavy (non-hydrogen) atoms. The van der Waals surface area contributed by atoms with Gasteiger partial charge in [0, 0.05) is 12.1 Å². The van der Waals surface area contributed by atoms with Crippen molar-refractivity contribution in [2.45, 2.75) is 13.3 Å². The fraction of sp³-hybridized carbons (Fsp3) is 0.385. The van der Waals surface area contributed by atoms with Crippen LogP contribution in [0.15, 0.2) is 18.2 Å². The molecule has 2 rings (SSSR count). The van der Waals surface area contributed by atoms with Crippen LogP contribution in [0.1, 0.15) is 17.5 Å². The first-order valence-corrected chi connectivity index (χ1v) is 7.45. The van der Waals surface area contributed by atoms with Crippen molar-refractivity contribution in [2.75, 3.05) is 23.1 Å². The summed E-state index contributed by atoms with van der Waals surface area (Å²) in [5.74, 6) is 5.92. The molecule has 0 radical (unpaired) electrons. The summed E-state index contributed by atoms with van der Waals surface area (Å²) in [6, 6.07) is 5.64. The van der Waals surface area contributed by atoms with Gasteiger partial charge in [-0.2, -0.15) is 0 Å². The summed E-state index contributed by atoms with van der Waals surface area (Å²) in [7, 11) is -3.17. The predicted octanol–water partition coefficient (Wildman–Crippen LogP) is 0.845. The third-order valence-corrected chi connectivity index (χ3v) is 4.70.